The molecule has 0 bridgehead atoms. The second-order valence-electron chi connectivity index (χ2n) is 8.35. The topological polar surface area (TPSA) is 90.9 Å². The van der Waals surface area contributed by atoms with Crippen molar-refractivity contribution in [1.29, 1.82) is 0 Å². The van der Waals surface area contributed by atoms with Gasteiger partial charge in [0.15, 0.2) is 11.5 Å². The number of nitrogens with zero attached hydrogens (tertiary/aromatic N) is 1. The number of anilines is 1. The summed E-state index contributed by atoms with van der Waals surface area (Å²) < 4.78 is 29.9. The lowest BCUT2D eigenvalue weighted by molar-refractivity contribution is -0.121. The summed E-state index contributed by atoms with van der Waals surface area (Å²) in [4.78, 5) is 22.7. The van der Waals surface area contributed by atoms with Crippen molar-refractivity contribution in [2.24, 2.45) is 0 Å². The Labute approximate surface area is 206 Å². The molecule has 5 rings (SSSR count). The van der Waals surface area contributed by atoms with Gasteiger partial charge >= 0.3 is 0 Å². The molecule has 0 radical (unpaired) electrons. The first kappa shape index (κ1) is 23.4. The number of ether oxygens (including phenoxy) is 3. The SMILES string of the molecule is COc1cc2nccc(Oc3ccc(NC(=O)C4(NOc5ccc(F)cc5)CC4)cc3)c2cc1OC. The molecule has 1 heterocycles. The van der Waals surface area contributed by atoms with Gasteiger partial charge in [0.25, 0.3) is 0 Å². The lowest BCUT2D eigenvalue weighted by Gasteiger charge is -2.17. The number of rotatable bonds is 9. The van der Waals surface area contributed by atoms with Crippen molar-refractivity contribution >= 4 is 22.5 Å². The number of carbonyl (C=O) groups excluding carboxylic acids is 1. The van der Waals surface area contributed by atoms with Gasteiger partial charge in [-0.1, -0.05) is 0 Å². The first-order valence-electron chi connectivity index (χ1n) is 11.3. The summed E-state index contributed by atoms with van der Waals surface area (Å²) in [6.45, 7) is 0. The van der Waals surface area contributed by atoms with E-state index in [4.69, 9.17) is 19.0 Å². The Morgan fingerprint density at radius 2 is 1.56 bits per heavy atom. The molecule has 3 aromatic carbocycles. The van der Waals surface area contributed by atoms with Crippen molar-refractivity contribution in [2.75, 3.05) is 19.5 Å². The number of benzene rings is 3. The van der Waals surface area contributed by atoms with E-state index in [1.807, 2.05) is 6.07 Å². The van der Waals surface area contributed by atoms with E-state index in [1.54, 1.807) is 56.8 Å². The average molecular weight is 490 g/mol. The predicted octanol–water partition coefficient (Wildman–Crippen LogP) is 5.24. The number of aromatic nitrogens is 1. The van der Waals surface area contributed by atoms with Gasteiger partial charge in [0.05, 0.1) is 19.7 Å². The maximum absolute atomic E-state index is 13.1. The van der Waals surface area contributed by atoms with E-state index in [0.717, 1.165) is 5.39 Å². The fourth-order valence-corrected chi connectivity index (χ4v) is 3.68. The van der Waals surface area contributed by atoms with E-state index in [9.17, 15) is 9.18 Å². The summed E-state index contributed by atoms with van der Waals surface area (Å²) in [5, 5.41) is 3.67. The summed E-state index contributed by atoms with van der Waals surface area (Å²) in [5.74, 6) is 2.22. The highest BCUT2D eigenvalue weighted by Gasteiger charge is 2.51. The molecule has 1 aliphatic rings. The Bertz CT molecular complexity index is 1390. The largest absolute Gasteiger partial charge is 0.493 e. The van der Waals surface area contributed by atoms with E-state index in [-0.39, 0.29) is 11.7 Å². The third-order valence-electron chi connectivity index (χ3n) is 5.91. The van der Waals surface area contributed by atoms with Crippen molar-refractivity contribution in [3.8, 4) is 28.7 Å². The number of hydrogen-bond donors (Lipinski definition) is 2. The first-order chi connectivity index (χ1) is 17.5. The number of halogens is 1. The minimum atomic E-state index is -0.820. The van der Waals surface area contributed by atoms with Crippen LogP contribution in [0.4, 0.5) is 10.1 Å². The predicted molar refractivity (Wildman–Crippen MR) is 132 cm³/mol. The van der Waals surface area contributed by atoms with Gasteiger partial charge in [-0.3, -0.25) is 9.78 Å². The number of methoxy groups -OCH3 is 2. The number of nitrogens with one attached hydrogen (secondary N) is 2. The zero-order chi connectivity index (χ0) is 25.1. The smallest absolute Gasteiger partial charge is 0.248 e. The number of hydroxylamine groups is 1. The Morgan fingerprint density at radius 1 is 0.889 bits per heavy atom. The third-order valence-corrected chi connectivity index (χ3v) is 5.91. The number of carbonyl (C=O) groups is 1. The molecule has 9 heteroatoms. The van der Waals surface area contributed by atoms with Crippen LogP contribution in [0, 0.1) is 5.82 Å². The Kier molecular flexibility index (Phi) is 6.30. The van der Waals surface area contributed by atoms with Crippen molar-refractivity contribution in [3.63, 3.8) is 0 Å². The van der Waals surface area contributed by atoms with Crippen LogP contribution in [0.1, 0.15) is 12.8 Å². The molecular weight excluding hydrogens is 465 g/mol. The van der Waals surface area contributed by atoms with E-state index in [2.05, 4.69) is 15.8 Å². The average Bonchev–Trinajstić information content (AvgIpc) is 3.70. The molecule has 4 aromatic rings. The molecule has 0 aliphatic heterocycles. The lowest BCUT2D eigenvalue weighted by atomic mass is 10.2. The van der Waals surface area contributed by atoms with Gasteiger partial charge in [0.1, 0.15) is 28.6 Å². The van der Waals surface area contributed by atoms with E-state index in [0.29, 0.717) is 52.8 Å². The third kappa shape index (κ3) is 4.87. The highest BCUT2D eigenvalue weighted by molar-refractivity contribution is 6.00. The van der Waals surface area contributed by atoms with Gasteiger partial charge in [0.2, 0.25) is 5.91 Å². The molecule has 0 saturated heterocycles. The molecule has 184 valence electrons. The normalized spacial score (nSPS) is 13.6. The highest BCUT2D eigenvalue weighted by atomic mass is 19.1. The molecule has 1 saturated carbocycles. The van der Waals surface area contributed by atoms with E-state index >= 15 is 0 Å². The van der Waals surface area contributed by atoms with Crippen LogP contribution in [-0.4, -0.2) is 30.6 Å². The van der Waals surface area contributed by atoms with Gasteiger partial charge in [-0.25, -0.2) is 4.39 Å². The number of fused-ring (bicyclic) bond motifs is 1. The molecule has 1 aromatic heterocycles. The molecule has 0 spiro atoms. The van der Waals surface area contributed by atoms with Crippen molar-refractivity contribution in [1.82, 2.24) is 10.5 Å². The number of hydrogen-bond acceptors (Lipinski definition) is 7. The Balaban J connectivity index is 1.24. The molecule has 36 heavy (non-hydrogen) atoms. The summed E-state index contributed by atoms with van der Waals surface area (Å²) >= 11 is 0. The number of amides is 1. The molecule has 2 N–H and O–H groups in total. The monoisotopic (exact) mass is 489 g/mol. The maximum Gasteiger partial charge on any atom is 0.248 e. The van der Waals surface area contributed by atoms with Crippen LogP contribution < -0.4 is 29.8 Å². The van der Waals surface area contributed by atoms with Crippen LogP contribution in [0.25, 0.3) is 10.9 Å². The van der Waals surface area contributed by atoms with Gasteiger partial charge in [-0.05, 0) is 73.5 Å². The first-order valence-corrected chi connectivity index (χ1v) is 11.3. The zero-order valence-corrected chi connectivity index (χ0v) is 19.7. The second-order valence-corrected chi connectivity index (χ2v) is 8.35. The Morgan fingerprint density at radius 3 is 2.22 bits per heavy atom. The van der Waals surface area contributed by atoms with Crippen LogP contribution in [0.2, 0.25) is 0 Å². The molecule has 1 fully saturated rings. The van der Waals surface area contributed by atoms with Crippen LogP contribution >= 0.6 is 0 Å². The molecular formula is C27H24FN3O5. The van der Waals surface area contributed by atoms with Crippen molar-refractivity contribution < 1.29 is 28.2 Å². The summed E-state index contributed by atoms with van der Waals surface area (Å²) in [5.41, 5.74) is 3.33. The quantitative estimate of drug-likeness (QED) is 0.311. The summed E-state index contributed by atoms with van der Waals surface area (Å²) in [7, 11) is 3.15. The van der Waals surface area contributed by atoms with Crippen LogP contribution in [0.5, 0.6) is 28.7 Å². The molecule has 1 aliphatic carbocycles. The molecule has 1 amide bonds. The summed E-state index contributed by atoms with van der Waals surface area (Å²) in [6.07, 6.45) is 2.92. The van der Waals surface area contributed by atoms with E-state index < -0.39 is 5.54 Å². The van der Waals surface area contributed by atoms with Gasteiger partial charge in [-0.2, -0.15) is 0 Å². The van der Waals surface area contributed by atoms with Crippen LogP contribution in [0.15, 0.2) is 72.9 Å². The van der Waals surface area contributed by atoms with Gasteiger partial charge in [0, 0.05) is 23.3 Å². The van der Waals surface area contributed by atoms with Crippen molar-refractivity contribution in [3.05, 3.63) is 78.7 Å². The number of pyridine rings is 1. The van der Waals surface area contributed by atoms with E-state index in [1.165, 1.54) is 24.3 Å². The fraction of sp³-hybridized carbons (Fsp3) is 0.185. The fourth-order valence-electron chi connectivity index (χ4n) is 3.68. The van der Waals surface area contributed by atoms with Gasteiger partial charge < -0.3 is 24.4 Å². The maximum atomic E-state index is 13.1. The highest BCUT2D eigenvalue weighted by Crippen LogP contribution is 2.38. The van der Waals surface area contributed by atoms with Crippen LogP contribution in [-0.2, 0) is 4.79 Å². The summed E-state index contributed by atoms with van der Waals surface area (Å²) in [6, 6.07) is 18.0. The molecule has 8 nitrogen and oxygen atoms in total. The minimum Gasteiger partial charge on any atom is -0.493 e. The second kappa shape index (κ2) is 9.71. The van der Waals surface area contributed by atoms with Crippen molar-refractivity contribution in [2.45, 2.75) is 18.4 Å². The molecule has 0 atom stereocenters. The minimum absolute atomic E-state index is 0.209. The van der Waals surface area contributed by atoms with Crippen LogP contribution in [0.3, 0.4) is 0 Å². The zero-order valence-electron chi connectivity index (χ0n) is 19.7. The standard InChI is InChI=1S/C27H24FN3O5/c1-33-24-15-21-22(16-25(24)34-2)29-14-11-23(21)35-19-9-5-18(6-10-19)30-26(32)27(12-13-27)31-36-20-7-3-17(28)4-8-20/h3-11,14-16,31H,12-13H2,1-2H3,(H,30,32). The van der Waals surface area contributed by atoms with Gasteiger partial charge in [-0.15, -0.1) is 5.48 Å². The lowest BCUT2D eigenvalue weighted by Crippen LogP contribution is -2.44. The molecule has 0 unspecified atom stereocenters. The Hall–Kier alpha value is -4.37.